The summed E-state index contributed by atoms with van der Waals surface area (Å²) in [6.07, 6.45) is 7.23. The number of hydrogen-bond acceptors (Lipinski definition) is 2. The Morgan fingerprint density at radius 2 is 2.17 bits per heavy atom. The first-order valence-corrected chi connectivity index (χ1v) is 6.93. The standard InChI is InChI=1S/C15H19ClN2/c1-18(2)15-12(16)7-4-8-13(15)17-14-9-10-5-3-6-11(10)14/h3-4,6-8,10-11,14,17H,5,9H2,1-2H3. The van der Waals surface area contributed by atoms with E-state index >= 15 is 0 Å². The molecule has 18 heavy (non-hydrogen) atoms. The van der Waals surface area contributed by atoms with E-state index in [1.54, 1.807) is 0 Å². The fourth-order valence-corrected chi connectivity index (χ4v) is 3.51. The Morgan fingerprint density at radius 3 is 2.89 bits per heavy atom. The molecule has 0 radical (unpaired) electrons. The van der Waals surface area contributed by atoms with Crippen LogP contribution in [0.15, 0.2) is 30.4 Å². The van der Waals surface area contributed by atoms with Crippen LogP contribution in [0.5, 0.6) is 0 Å². The molecule has 0 bridgehead atoms. The van der Waals surface area contributed by atoms with E-state index in [1.807, 2.05) is 26.2 Å². The van der Waals surface area contributed by atoms with E-state index < -0.39 is 0 Å². The van der Waals surface area contributed by atoms with Crippen molar-refractivity contribution in [3.8, 4) is 0 Å². The highest BCUT2D eigenvalue weighted by Crippen LogP contribution is 2.45. The van der Waals surface area contributed by atoms with Crippen LogP contribution in [0, 0.1) is 11.8 Å². The molecule has 3 unspecified atom stereocenters. The second-order valence-electron chi connectivity index (χ2n) is 5.52. The van der Waals surface area contributed by atoms with Crippen LogP contribution in [0.1, 0.15) is 12.8 Å². The summed E-state index contributed by atoms with van der Waals surface area (Å²) >= 11 is 6.28. The Morgan fingerprint density at radius 1 is 1.33 bits per heavy atom. The molecule has 96 valence electrons. The minimum atomic E-state index is 0.575. The third kappa shape index (κ3) is 1.89. The first-order chi connectivity index (χ1) is 8.66. The van der Waals surface area contributed by atoms with Crippen LogP contribution in [-0.4, -0.2) is 20.1 Å². The number of benzene rings is 1. The molecule has 3 heteroatoms. The lowest BCUT2D eigenvalue weighted by molar-refractivity contribution is 0.218. The number of nitrogens with one attached hydrogen (secondary N) is 1. The molecular formula is C15H19ClN2. The number of allylic oxidation sites excluding steroid dienone is 1. The molecule has 0 aliphatic heterocycles. The molecule has 1 fully saturated rings. The smallest absolute Gasteiger partial charge is 0.0786 e. The van der Waals surface area contributed by atoms with Gasteiger partial charge in [0.2, 0.25) is 0 Å². The summed E-state index contributed by atoms with van der Waals surface area (Å²) in [5.74, 6) is 1.60. The van der Waals surface area contributed by atoms with Crippen LogP contribution in [0.2, 0.25) is 5.02 Å². The zero-order valence-electron chi connectivity index (χ0n) is 10.9. The molecule has 0 aromatic heterocycles. The van der Waals surface area contributed by atoms with Gasteiger partial charge in [-0.15, -0.1) is 0 Å². The number of rotatable bonds is 3. The van der Waals surface area contributed by atoms with Gasteiger partial charge in [-0.05, 0) is 30.9 Å². The van der Waals surface area contributed by atoms with Crippen molar-refractivity contribution >= 4 is 23.0 Å². The quantitative estimate of drug-likeness (QED) is 0.834. The summed E-state index contributed by atoms with van der Waals surface area (Å²) in [5, 5.41) is 4.47. The predicted octanol–water partition coefficient (Wildman–Crippen LogP) is 3.78. The molecular weight excluding hydrogens is 244 g/mol. The SMILES string of the molecule is CN(C)c1c(Cl)cccc1NC1CC2CC=CC21. The monoisotopic (exact) mass is 262 g/mol. The van der Waals surface area contributed by atoms with Crippen molar-refractivity contribution in [1.82, 2.24) is 0 Å². The van der Waals surface area contributed by atoms with Gasteiger partial charge in [0.25, 0.3) is 0 Å². The Labute approximate surface area is 114 Å². The average Bonchev–Trinajstić information content (AvgIpc) is 2.67. The normalized spacial score (nSPS) is 28.7. The number of nitrogens with zero attached hydrogens (tertiary/aromatic N) is 1. The number of fused-ring (bicyclic) bond motifs is 1. The van der Waals surface area contributed by atoms with Gasteiger partial charge in [-0.2, -0.15) is 0 Å². The zero-order chi connectivity index (χ0) is 12.7. The van der Waals surface area contributed by atoms with Crippen molar-refractivity contribution in [3.05, 3.63) is 35.4 Å². The number of anilines is 2. The highest BCUT2D eigenvalue weighted by Gasteiger charge is 2.41. The third-order valence-corrected chi connectivity index (χ3v) is 4.44. The Kier molecular flexibility index (Phi) is 2.98. The molecule has 3 atom stereocenters. The predicted molar refractivity (Wildman–Crippen MR) is 78.5 cm³/mol. The van der Waals surface area contributed by atoms with Gasteiger partial charge in [0.1, 0.15) is 0 Å². The summed E-state index contributed by atoms with van der Waals surface area (Å²) in [6.45, 7) is 0. The number of para-hydroxylation sites is 1. The summed E-state index contributed by atoms with van der Waals surface area (Å²) in [6, 6.07) is 6.65. The van der Waals surface area contributed by atoms with E-state index in [1.165, 1.54) is 12.8 Å². The first kappa shape index (κ1) is 11.9. The maximum atomic E-state index is 6.28. The Hall–Kier alpha value is -1.15. The topological polar surface area (TPSA) is 15.3 Å². The summed E-state index contributed by atoms with van der Waals surface area (Å²) < 4.78 is 0. The molecule has 2 nitrogen and oxygen atoms in total. The summed E-state index contributed by atoms with van der Waals surface area (Å²) in [5.41, 5.74) is 2.24. The van der Waals surface area contributed by atoms with E-state index in [2.05, 4.69) is 28.4 Å². The van der Waals surface area contributed by atoms with Gasteiger partial charge in [0.05, 0.1) is 16.4 Å². The van der Waals surface area contributed by atoms with Gasteiger partial charge < -0.3 is 10.2 Å². The van der Waals surface area contributed by atoms with E-state index in [-0.39, 0.29) is 0 Å². The second kappa shape index (κ2) is 4.51. The number of hydrogen-bond donors (Lipinski definition) is 1. The maximum absolute atomic E-state index is 6.28. The Bertz CT molecular complexity index is 481. The largest absolute Gasteiger partial charge is 0.380 e. The summed E-state index contributed by atoms with van der Waals surface area (Å²) in [4.78, 5) is 2.07. The first-order valence-electron chi connectivity index (χ1n) is 6.56. The molecule has 2 aliphatic carbocycles. The molecule has 1 saturated carbocycles. The van der Waals surface area contributed by atoms with Gasteiger partial charge in [0.15, 0.2) is 0 Å². The van der Waals surface area contributed by atoms with Crippen LogP contribution in [-0.2, 0) is 0 Å². The van der Waals surface area contributed by atoms with Crippen molar-refractivity contribution in [1.29, 1.82) is 0 Å². The van der Waals surface area contributed by atoms with Crippen LogP contribution in [0.25, 0.3) is 0 Å². The molecule has 3 rings (SSSR count). The Balaban J connectivity index is 1.80. The molecule has 1 aromatic rings. The summed E-state index contributed by atoms with van der Waals surface area (Å²) in [7, 11) is 4.07. The van der Waals surface area contributed by atoms with Crippen molar-refractivity contribution in [3.63, 3.8) is 0 Å². The van der Waals surface area contributed by atoms with Crippen molar-refractivity contribution in [2.75, 3.05) is 24.3 Å². The van der Waals surface area contributed by atoms with E-state index in [0.717, 1.165) is 28.2 Å². The van der Waals surface area contributed by atoms with Gasteiger partial charge >= 0.3 is 0 Å². The van der Waals surface area contributed by atoms with Crippen LogP contribution in [0.4, 0.5) is 11.4 Å². The van der Waals surface area contributed by atoms with Crippen LogP contribution in [0.3, 0.4) is 0 Å². The van der Waals surface area contributed by atoms with Gasteiger partial charge in [-0.1, -0.05) is 29.8 Å². The van der Waals surface area contributed by atoms with Crippen molar-refractivity contribution in [2.24, 2.45) is 11.8 Å². The lowest BCUT2D eigenvalue weighted by Crippen LogP contribution is -2.43. The molecule has 0 spiro atoms. The van der Waals surface area contributed by atoms with Gasteiger partial charge in [-0.25, -0.2) is 0 Å². The van der Waals surface area contributed by atoms with Gasteiger partial charge in [0, 0.05) is 26.1 Å². The van der Waals surface area contributed by atoms with E-state index in [4.69, 9.17) is 11.6 Å². The second-order valence-corrected chi connectivity index (χ2v) is 5.93. The van der Waals surface area contributed by atoms with E-state index in [0.29, 0.717) is 6.04 Å². The lowest BCUT2D eigenvalue weighted by atomic mass is 9.71. The highest BCUT2D eigenvalue weighted by molar-refractivity contribution is 6.34. The van der Waals surface area contributed by atoms with Crippen molar-refractivity contribution < 1.29 is 0 Å². The molecule has 0 saturated heterocycles. The van der Waals surface area contributed by atoms with Crippen molar-refractivity contribution in [2.45, 2.75) is 18.9 Å². The van der Waals surface area contributed by atoms with E-state index in [9.17, 15) is 0 Å². The minimum Gasteiger partial charge on any atom is -0.380 e. The van der Waals surface area contributed by atoms with Crippen LogP contribution < -0.4 is 10.2 Å². The fourth-order valence-electron chi connectivity index (χ4n) is 3.17. The molecule has 0 amide bonds. The molecule has 1 aromatic carbocycles. The molecule has 1 N–H and O–H groups in total. The minimum absolute atomic E-state index is 0.575. The van der Waals surface area contributed by atoms with Crippen LogP contribution >= 0.6 is 11.6 Å². The average molecular weight is 263 g/mol. The lowest BCUT2D eigenvalue weighted by Gasteiger charge is -2.41. The van der Waals surface area contributed by atoms with Gasteiger partial charge in [-0.3, -0.25) is 0 Å². The zero-order valence-corrected chi connectivity index (χ0v) is 11.6. The third-order valence-electron chi connectivity index (χ3n) is 4.14. The maximum Gasteiger partial charge on any atom is 0.0786 e. The highest BCUT2D eigenvalue weighted by atomic mass is 35.5. The molecule has 0 heterocycles. The molecule has 2 aliphatic rings. The fraction of sp³-hybridized carbons (Fsp3) is 0.467. The number of halogens is 1.